The molecule has 0 N–H and O–H groups in total. The van der Waals surface area contributed by atoms with Gasteiger partial charge in [0, 0.05) is 23.5 Å². The second-order valence-corrected chi connectivity index (χ2v) is 4.75. The van der Waals surface area contributed by atoms with Crippen molar-refractivity contribution in [3.63, 3.8) is 0 Å². The second kappa shape index (κ2) is 4.21. The summed E-state index contributed by atoms with van der Waals surface area (Å²) < 4.78 is 26.7. The molecule has 1 saturated heterocycles. The number of hydrogen-bond donors (Lipinski definition) is 0. The van der Waals surface area contributed by atoms with Gasteiger partial charge in [0.05, 0.1) is 11.5 Å². The molecule has 0 spiro atoms. The Morgan fingerprint density at radius 3 is 2.71 bits per heavy atom. The van der Waals surface area contributed by atoms with Gasteiger partial charge in [-0.05, 0) is 22.0 Å². The Morgan fingerprint density at radius 1 is 1.47 bits per heavy atom. The van der Waals surface area contributed by atoms with Gasteiger partial charge in [-0.25, -0.2) is 8.78 Å². The molecule has 7 heteroatoms. The van der Waals surface area contributed by atoms with Crippen LogP contribution < -0.4 is 4.90 Å². The second-order valence-electron chi connectivity index (χ2n) is 3.89. The first kappa shape index (κ1) is 12.2. The molecule has 2 rings (SSSR count). The highest BCUT2D eigenvalue weighted by molar-refractivity contribution is 9.10. The van der Waals surface area contributed by atoms with Crippen LogP contribution in [0.25, 0.3) is 0 Å². The van der Waals surface area contributed by atoms with E-state index in [1.165, 1.54) is 17.0 Å². The van der Waals surface area contributed by atoms with E-state index in [2.05, 4.69) is 15.9 Å². The zero-order chi connectivity index (χ0) is 12.6. The predicted molar refractivity (Wildman–Crippen MR) is 62.6 cm³/mol. The molecule has 0 bridgehead atoms. The van der Waals surface area contributed by atoms with Gasteiger partial charge in [0.15, 0.2) is 0 Å². The highest BCUT2D eigenvalue weighted by Crippen LogP contribution is 2.40. The van der Waals surface area contributed by atoms with E-state index in [9.17, 15) is 18.9 Å². The molecular weight excluding hydrogens is 298 g/mol. The summed E-state index contributed by atoms with van der Waals surface area (Å²) >= 11 is 3.17. The Labute approximate surface area is 104 Å². The Morgan fingerprint density at radius 2 is 2.18 bits per heavy atom. The Hall–Kier alpha value is -1.24. The van der Waals surface area contributed by atoms with E-state index in [4.69, 9.17) is 0 Å². The lowest BCUT2D eigenvalue weighted by molar-refractivity contribution is -0.384. The van der Waals surface area contributed by atoms with Gasteiger partial charge in [0.1, 0.15) is 5.69 Å². The van der Waals surface area contributed by atoms with Crippen LogP contribution in [-0.4, -0.2) is 23.9 Å². The summed E-state index contributed by atoms with van der Waals surface area (Å²) in [6.45, 7) is -0.354. The molecule has 0 amide bonds. The minimum absolute atomic E-state index is 0.121. The van der Waals surface area contributed by atoms with Crippen molar-refractivity contribution in [2.45, 2.75) is 12.3 Å². The highest BCUT2D eigenvalue weighted by atomic mass is 79.9. The lowest BCUT2D eigenvalue weighted by atomic mass is 10.2. The quantitative estimate of drug-likeness (QED) is 0.622. The Kier molecular flexibility index (Phi) is 3.03. The van der Waals surface area contributed by atoms with Gasteiger partial charge in [0.25, 0.3) is 11.6 Å². The van der Waals surface area contributed by atoms with E-state index in [0.717, 1.165) is 0 Å². The molecule has 1 fully saturated rings. The number of benzene rings is 1. The van der Waals surface area contributed by atoms with E-state index in [-0.39, 0.29) is 24.3 Å². The summed E-state index contributed by atoms with van der Waals surface area (Å²) in [5, 5.41) is 10.9. The van der Waals surface area contributed by atoms with Crippen LogP contribution in [0.4, 0.5) is 20.2 Å². The summed E-state index contributed by atoms with van der Waals surface area (Å²) in [7, 11) is 0. The lowest BCUT2D eigenvalue weighted by Crippen LogP contribution is -2.25. The van der Waals surface area contributed by atoms with Gasteiger partial charge in [0.2, 0.25) is 0 Å². The summed E-state index contributed by atoms with van der Waals surface area (Å²) in [5.41, 5.74) is 0.0757. The van der Waals surface area contributed by atoms with Crippen LogP contribution in [0, 0.1) is 10.1 Å². The SMILES string of the molecule is O=[N+]([O-])c1cccc(Br)c1N1CCC(F)(F)C1. The van der Waals surface area contributed by atoms with Gasteiger partial charge in [-0.1, -0.05) is 6.07 Å². The van der Waals surface area contributed by atoms with Gasteiger partial charge < -0.3 is 4.90 Å². The number of hydrogen-bond acceptors (Lipinski definition) is 3. The highest BCUT2D eigenvalue weighted by Gasteiger charge is 2.40. The third-order valence-corrected chi connectivity index (χ3v) is 3.29. The molecule has 0 unspecified atom stereocenters. The first-order chi connectivity index (χ1) is 7.91. The fraction of sp³-hybridized carbons (Fsp3) is 0.400. The number of para-hydroxylation sites is 1. The number of rotatable bonds is 2. The molecule has 1 aliphatic rings. The zero-order valence-corrected chi connectivity index (χ0v) is 10.3. The molecular formula is C10H9BrF2N2O2. The first-order valence-electron chi connectivity index (χ1n) is 4.96. The summed E-state index contributed by atoms with van der Waals surface area (Å²) in [6, 6.07) is 4.44. The van der Waals surface area contributed by atoms with Crippen LogP contribution in [0.15, 0.2) is 22.7 Å². The van der Waals surface area contributed by atoms with Crippen molar-refractivity contribution in [2.24, 2.45) is 0 Å². The summed E-state index contributed by atoms with van der Waals surface area (Å²) in [4.78, 5) is 11.7. The maximum atomic E-state index is 13.1. The van der Waals surface area contributed by atoms with Gasteiger partial charge >= 0.3 is 0 Å². The standard InChI is InChI=1S/C10H9BrF2N2O2/c11-7-2-1-3-8(15(16)17)9(7)14-5-4-10(12,13)6-14/h1-3H,4-6H2. The van der Waals surface area contributed by atoms with Crippen LogP contribution in [0.5, 0.6) is 0 Å². The number of anilines is 1. The minimum Gasteiger partial charge on any atom is -0.359 e. The fourth-order valence-electron chi connectivity index (χ4n) is 1.89. The van der Waals surface area contributed by atoms with E-state index < -0.39 is 17.4 Å². The maximum Gasteiger partial charge on any atom is 0.293 e. The van der Waals surface area contributed by atoms with Crippen molar-refractivity contribution in [1.29, 1.82) is 0 Å². The van der Waals surface area contributed by atoms with Crippen LogP contribution in [-0.2, 0) is 0 Å². The van der Waals surface area contributed by atoms with E-state index in [0.29, 0.717) is 4.47 Å². The number of alkyl halides is 2. The smallest absolute Gasteiger partial charge is 0.293 e. The molecule has 0 radical (unpaired) electrons. The van der Waals surface area contributed by atoms with Crippen molar-refractivity contribution in [3.05, 3.63) is 32.8 Å². The van der Waals surface area contributed by atoms with Crippen LogP contribution in [0.3, 0.4) is 0 Å². The summed E-state index contributed by atoms with van der Waals surface area (Å²) in [6.07, 6.45) is -0.272. The number of nitro groups is 1. The molecule has 4 nitrogen and oxygen atoms in total. The molecule has 1 aliphatic heterocycles. The minimum atomic E-state index is -2.77. The molecule has 1 heterocycles. The molecule has 0 aromatic heterocycles. The molecule has 0 atom stereocenters. The topological polar surface area (TPSA) is 46.4 Å². The predicted octanol–water partition coefficient (Wildman–Crippen LogP) is 3.20. The van der Waals surface area contributed by atoms with Crippen molar-refractivity contribution in [2.75, 3.05) is 18.0 Å². The van der Waals surface area contributed by atoms with Crippen molar-refractivity contribution >= 4 is 27.3 Å². The molecule has 92 valence electrons. The van der Waals surface area contributed by atoms with Gasteiger partial charge in [-0.2, -0.15) is 0 Å². The normalized spacial score (nSPS) is 18.4. The maximum absolute atomic E-state index is 13.1. The van der Waals surface area contributed by atoms with Gasteiger partial charge in [-0.3, -0.25) is 10.1 Å². The largest absolute Gasteiger partial charge is 0.359 e. The van der Waals surface area contributed by atoms with E-state index >= 15 is 0 Å². The van der Waals surface area contributed by atoms with Crippen molar-refractivity contribution in [1.82, 2.24) is 0 Å². The molecule has 17 heavy (non-hydrogen) atoms. The van der Waals surface area contributed by atoms with Crippen LogP contribution in [0.2, 0.25) is 0 Å². The number of halogens is 3. The van der Waals surface area contributed by atoms with Crippen LogP contribution >= 0.6 is 15.9 Å². The van der Waals surface area contributed by atoms with Crippen molar-refractivity contribution in [3.8, 4) is 0 Å². The third-order valence-electron chi connectivity index (χ3n) is 2.65. The third kappa shape index (κ3) is 2.38. The molecule has 0 aliphatic carbocycles. The van der Waals surface area contributed by atoms with Crippen molar-refractivity contribution < 1.29 is 13.7 Å². The monoisotopic (exact) mass is 306 g/mol. The molecule has 0 saturated carbocycles. The van der Waals surface area contributed by atoms with Gasteiger partial charge in [-0.15, -0.1) is 0 Å². The molecule has 1 aromatic carbocycles. The number of nitrogens with zero attached hydrogens (tertiary/aromatic N) is 2. The Bertz CT molecular complexity index is 468. The molecule has 1 aromatic rings. The zero-order valence-electron chi connectivity index (χ0n) is 8.70. The van der Waals surface area contributed by atoms with E-state index in [1.54, 1.807) is 6.07 Å². The average Bonchev–Trinajstić information content (AvgIpc) is 2.58. The summed E-state index contributed by atoms with van der Waals surface area (Å²) in [5.74, 6) is -2.77. The lowest BCUT2D eigenvalue weighted by Gasteiger charge is -2.19. The first-order valence-corrected chi connectivity index (χ1v) is 5.76. The Balaban J connectivity index is 2.42. The van der Waals surface area contributed by atoms with E-state index in [1.807, 2.05) is 0 Å². The average molecular weight is 307 g/mol. The van der Waals surface area contributed by atoms with Crippen LogP contribution in [0.1, 0.15) is 6.42 Å². The fourth-order valence-corrected chi connectivity index (χ4v) is 2.50. The number of nitro benzene ring substituents is 1.